The number of amides is 1. The first-order valence-corrected chi connectivity index (χ1v) is 7.62. The molecule has 116 valence electrons. The fourth-order valence-electron chi connectivity index (χ4n) is 2.25. The van der Waals surface area contributed by atoms with Gasteiger partial charge in [-0.3, -0.25) is 9.78 Å². The number of hydrogen-bond donors (Lipinski definition) is 1. The van der Waals surface area contributed by atoms with Crippen LogP contribution in [0.4, 0.5) is 0 Å². The molecule has 5 heteroatoms. The monoisotopic (exact) mass is 326 g/mol. The first-order valence-electron chi connectivity index (χ1n) is 7.24. The van der Waals surface area contributed by atoms with E-state index < -0.39 is 0 Å². The first kappa shape index (κ1) is 15.3. The van der Waals surface area contributed by atoms with E-state index in [0.717, 1.165) is 10.9 Å². The summed E-state index contributed by atoms with van der Waals surface area (Å²) >= 11 is 5.87. The number of benzene rings is 2. The lowest BCUT2D eigenvalue weighted by Crippen LogP contribution is -2.28. The molecule has 1 aromatic heterocycles. The van der Waals surface area contributed by atoms with E-state index in [0.29, 0.717) is 29.5 Å². The van der Waals surface area contributed by atoms with Crippen molar-refractivity contribution in [2.45, 2.75) is 0 Å². The lowest BCUT2D eigenvalue weighted by atomic mass is 10.2. The van der Waals surface area contributed by atoms with E-state index in [1.54, 1.807) is 30.5 Å². The smallest absolute Gasteiger partial charge is 0.251 e. The highest BCUT2D eigenvalue weighted by Gasteiger charge is 2.06. The molecule has 0 atom stereocenters. The lowest BCUT2D eigenvalue weighted by Gasteiger charge is -2.09. The topological polar surface area (TPSA) is 51.2 Å². The van der Waals surface area contributed by atoms with E-state index in [-0.39, 0.29) is 5.91 Å². The number of nitrogens with zero attached hydrogens (tertiary/aromatic N) is 1. The third-order valence-electron chi connectivity index (χ3n) is 3.33. The van der Waals surface area contributed by atoms with Crippen molar-refractivity contribution in [2.75, 3.05) is 13.2 Å². The Morgan fingerprint density at radius 2 is 1.96 bits per heavy atom. The zero-order valence-corrected chi connectivity index (χ0v) is 13.1. The van der Waals surface area contributed by atoms with Gasteiger partial charge in [-0.1, -0.05) is 35.9 Å². The maximum absolute atomic E-state index is 12.0. The van der Waals surface area contributed by atoms with Crippen LogP contribution in [-0.2, 0) is 0 Å². The van der Waals surface area contributed by atoms with Gasteiger partial charge in [-0.15, -0.1) is 0 Å². The van der Waals surface area contributed by atoms with Crippen molar-refractivity contribution in [2.24, 2.45) is 0 Å². The number of rotatable bonds is 5. The number of pyridine rings is 1. The van der Waals surface area contributed by atoms with E-state index in [2.05, 4.69) is 10.3 Å². The molecule has 3 aromatic rings. The quantitative estimate of drug-likeness (QED) is 0.727. The van der Waals surface area contributed by atoms with E-state index >= 15 is 0 Å². The Hall–Kier alpha value is -2.59. The Morgan fingerprint density at radius 1 is 1.13 bits per heavy atom. The van der Waals surface area contributed by atoms with Gasteiger partial charge in [0.2, 0.25) is 0 Å². The van der Waals surface area contributed by atoms with Gasteiger partial charge in [0, 0.05) is 22.2 Å². The van der Waals surface area contributed by atoms with Crippen LogP contribution in [0, 0.1) is 0 Å². The van der Waals surface area contributed by atoms with Gasteiger partial charge >= 0.3 is 0 Å². The van der Waals surface area contributed by atoms with Crippen molar-refractivity contribution >= 4 is 28.4 Å². The van der Waals surface area contributed by atoms with Crippen LogP contribution in [0.15, 0.2) is 60.8 Å². The fraction of sp³-hybridized carbons (Fsp3) is 0.111. The van der Waals surface area contributed by atoms with Crippen LogP contribution in [0.25, 0.3) is 10.9 Å². The number of aromatic nitrogens is 1. The summed E-state index contributed by atoms with van der Waals surface area (Å²) in [6, 6.07) is 16.5. The molecule has 1 heterocycles. The highest BCUT2D eigenvalue weighted by atomic mass is 35.5. The molecule has 0 saturated carbocycles. The minimum absolute atomic E-state index is 0.174. The van der Waals surface area contributed by atoms with Gasteiger partial charge in [0.15, 0.2) is 0 Å². The highest BCUT2D eigenvalue weighted by molar-refractivity contribution is 6.30. The summed E-state index contributed by atoms with van der Waals surface area (Å²) in [5, 5.41) is 4.36. The van der Waals surface area contributed by atoms with Crippen molar-refractivity contribution < 1.29 is 9.53 Å². The summed E-state index contributed by atoms with van der Waals surface area (Å²) in [4.78, 5) is 16.3. The third kappa shape index (κ3) is 3.79. The van der Waals surface area contributed by atoms with Gasteiger partial charge in [-0.2, -0.15) is 0 Å². The number of hydrogen-bond acceptors (Lipinski definition) is 3. The predicted molar refractivity (Wildman–Crippen MR) is 91.0 cm³/mol. The second kappa shape index (κ2) is 7.11. The summed E-state index contributed by atoms with van der Waals surface area (Å²) in [6.45, 7) is 0.760. The van der Waals surface area contributed by atoms with Gasteiger partial charge in [0.05, 0.1) is 6.54 Å². The number of halogens is 1. The predicted octanol–water partition coefficient (Wildman–Crippen LogP) is 3.70. The molecule has 0 saturated heterocycles. The second-order valence-electron chi connectivity index (χ2n) is 4.95. The molecule has 0 radical (unpaired) electrons. The summed E-state index contributed by atoms with van der Waals surface area (Å²) in [5.74, 6) is 0.534. The molecule has 0 aliphatic carbocycles. The minimum atomic E-state index is -0.174. The van der Waals surface area contributed by atoms with Gasteiger partial charge in [0.1, 0.15) is 17.9 Å². The Morgan fingerprint density at radius 3 is 2.83 bits per heavy atom. The maximum atomic E-state index is 12.0. The van der Waals surface area contributed by atoms with Crippen LogP contribution in [0.5, 0.6) is 5.75 Å². The van der Waals surface area contributed by atoms with Gasteiger partial charge < -0.3 is 10.1 Å². The lowest BCUT2D eigenvalue weighted by molar-refractivity contribution is 0.0947. The maximum Gasteiger partial charge on any atom is 0.251 e. The number of fused-ring (bicyclic) bond motifs is 1. The zero-order chi connectivity index (χ0) is 16.1. The van der Waals surface area contributed by atoms with Crippen LogP contribution < -0.4 is 10.1 Å². The molecule has 1 N–H and O–H groups in total. The van der Waals surface area contributed by atoms with Crippen molar-refractivity contribution in [3.8, 4) is 5.75 Å². The molecule has 0 fully saturated rings. The SMILES string of the molecule is O=C(NCCOc1cccc2cccnc12)c1cccc(Cl)c1. The average Bonchev–Trinajstić information content (AvgIpc) is 2.58. The number of carbonyl (C=O) groups excluding carboxylic acids is 1. The Kier molecular flexibility index (Phi) is 4.74. The molecule has 1 amide bonds. The number of carbonyl (C=O) groups is 1. The van der Waals surface area contributed by atoms with Crippen LogP contribution in [0.2, 0.25) is 5.02 Å². The Labute approximate surface area is 139 Å². The average molecular weight is 327 g/mol. The second-order valence-corrected chi connectivity index (χ2v) is 5.38. The summed E-state index contributed by atoms with van der Waals surface area (Å²) < 4.78 is 5.73. The standard InChI is InChI=1S/C18H15ClN2O2/c19-15-7-1-5-14(12-15)18(22)21-10-11-23-16-8-2-4-13-6-3-9-20-17(13)16/h1-9,12H,10-11H2,(H,21,22). The molecular weight excluding hydrogens is 312 g/mol. The fourth-order valence-corrected chi connectivity index (χ4v) is 2.44. The molecule has 2 aromatic carbocycles. The van der Waals surface area contributed by atoms with Crippen LogP contribution in [0.3, 0.4) is 0 Å². The van der Waals surface area contributed by atoms with Crippen LogP contribution in [-0.4, -0.2) is 24.0 Å². The van der Waals surface area contributed by atoms with E-state index in [1.165, 1.54) is 0 Å². The molecule has 23 heavy (non-hydrogen) atoms. The van der Waals surface area contributed by atoms with E-state index in [1.807, 2.05) is 30.3 Å². The minimum Gasteiger partial charge on any atom is -0.489 e. The third-order valence-corrected chi connectivity index (χ3v) is 3.56. The highest BCUT2D eigenvalue weighted by Crippen LogP contribution is 2.22. The van der Waals surface area contributed by atoms with Crippen LogP contribution in [0.1, 0.15) is 10.4 Å². The zero-order valence-electron chi connectivity index (χ0n) is 12.3. The van der Waals surface area contributed by atoms with Crippen molar-refractivity contribution in [1.29, 1.82) is 0 Å². The number of ether oxygens (including phenoxy) is 1. The summed E-state index contributed by atoms with van der Waals surface area (Å²) in [5.41, 5.74) is 1.35. The number of para-hydroxylation sites is 1. The summed E-state index contributed by atoms with van der Waals surface area (Å²) in [7, 11) is 0. The first-order chi connectivity index (χ1) is 11.2. The Bertz CT molecular complexity index is 831. The molecule has 0 unspecified atom stereocenters. The van der Waals surface area contributed by atoms with Crippen molar-refractivity contribution in [1.82, 2.24) is 10.3 Å². The van der Waals surface area contributed by atoms with Crippen LogP contribution >= 0.6 is 11.6 Å². The largest absolute Gasteiger partial charge is 0.489 e. The normalized spacial score (nSPS) is 10.5. The molecule has 4 nitrogen and oxygen atoms in total. The van der Waals surface area contributed by atoms with Crippen molar-refractivity contribution in [3.05, 3.63) is 71.4 Å². The van der Waals surface area contributed by atoms with Gasteiger partial charge in [-0.05, 0) is 30.3 Å². The molecule has 0 bridgehead atoms. The number of nitrogens with one attached hydrogen (secondary N) is 1. The Balaban J connectivity index is 1.56. The van der Waals surface area contributed by atoms with E-state index in [4.69, 9.17) is 16.3 Å². The van der Waals surface area contributed by atoms with Gasteiger partial charge in [-0.25, -0.2) is 0 Å². The van der Waals surface area contributed by atoms with Gasteiger partial charge in [0.25, 0.3) is 5.91 Å². The molecule has 0 aliphatic rings. The molecule has 0 spiro atoms. The molecule has 0 aliphatic heterocycles. The molecular formula is C18H15ClN2O2. The molecule has 3 rings (SSSR count). The van der Waals surface area contributed by atoms with Crippen molar-refractivity contribution in [3.63, 3.8) is 0 Å². The van der Waals surface area contributed by atoms with E-state index in [9.17, 15) is 4.79 Å². The summed E-state index contributed by atoms with van der Waals surface area (Å²) in [6.07, 6.45) is 1.73.